The van der Waals surface area contributed by atoms with Crippen LogP contribution in [0.4, 0.5) is 8.78 Å². The van der Waals surface area contributed by atoms with E-state index in [1.807, 2.05) is 0 Å². The van der Waals surface area contributed by atoms with E-state index < -0.39 is 12.5 Å². The summed E-state index contributed by atoms with van der Waals surface area (Å²) < 4.78 is 28.4. The van der Waals surface area contributed by atoms with Crippen molar-refractivity contribution < 1.29 is 18.3 Å². The largest absolute Gasteiger partial charge is 0.435 e. The maximum atomic E-state index is 12.1. The Morgan fingerprint density at radius 1 is 1.17 bits per heavy atom. The number of ether oxygens (including phenoxy) is 1. The summed E-state index contributed by atoms with van der Waals surface area (Å²) in [6.45, 7) is -1.19. The van der Waals surface area contributed by atoms with E-state index in [4.69, 9.17) is 11.6 Å². The molecule has 23 heavy (non-hydrogen) atoms. The van der Waals surface area contributed by atoms with Crippen LogP contribution >= 0.6 is 11.6 Å². The molecular formula is C16H13ClF2N2O2. The van der Waals surface area contributed by atoms with Gasteiger partial charge in [0.25, 0.3) is 5.91 Å². The summed E-state index contributed by atoms with van der Waals surface area (Å²) in [4.78, 5) is 11.9. The molecule has 0 bridgehead atoms. The van der Waals surface area contributed by atoms with Gasteiger partial charge in [0.2, 0.25) is 0 Å². The number of amides is 1. The fourth-order valence-electron chi connectivity index (χ4n) is 1.77. The maximum Gasteiger partial charge on any atom is 0.387 e. The molecule has 0 spiro atoms. The van der Waals surface area contributed by atoms with Gasteiger partial charge in [-0.05, 0) is 55.0 Å². The van der Waals surface area contributed by atoms with E-state index >= 15 is 0 Å². The number of carbonyl (C=O) groups is 1. The van der Waals surface area contributed by atoms with Crippen LogP contribution in [-0.4, -0.2) is 18.2 Å². The fraction of sp³-hybridized carbons (Fsp3) is 0.125. The van der Waals surface area contributed by atoms with Crippen molar-refractivity contribution in [3.63, 3.8) is 0 Å². The zero-order valence-corrected chi connectivity index (χ0v) is 12.8. The zero-order chi connectivity index (χ0) is 16.8. The summed E-state index contributed by atoms with van der Waals surface area (Å²) in [5, 5.41) is 4.43. The molecule has 1 amide bonds. The summed E-state index contributed by atoms with van der Waals surface area (Å²) in [5.74, 6) is -0.344. The Bertz CT molecular complexity index is 718. The first-order valence-electron chi connectivity index (χ1n) is 6.61. The Morgan fingerprint density at radius 2 is 1.87 bits per heavy atom. The lowest BCUT2D eigenvalue weighted by Gasteiger charge is -2.06. The SMILES string of the molecule is C/C(=N/NC(=O)c1cccc(Cl)c1)c1ccc(OC(F)F)cc1. The highest BCUT2D eigenvalue weighted by molar-refractivity contribution is 6.30. The first kappa shape index (κ1) is 16.9. The summed E-state index contributed by atoms with van der Waals surface area (Å²) in [5.41, 5.74) is 3.98. The van der Waals surface area contributed by atoms with Crippen LogP contribution in [0.15, 0.2) is 53.6 Å². The van der Waals surface area contributed by atoms with Gasteiger partial charge in [0, 0.05) is 10.6 Å². The Morgan fingerprint density at radius 3 is 2.48 bits per heavy atom. The molecule has 0 aromatic heterocycles. The molecule has 0 fully saturated rings. The third-order valence-electron chi connectivity index (χ3n) is 2.91. The fourth-order valence-corrected chi connectivity index (χ4v) is 1.96. The minimum atomic E-state index is -2.87. The van der Waals surface area contributed by atoms with Crippen LogP contribution in [0.3, 0.4) is 0 Å². The minimum Gasteiger partial charge on any atom is -0.435 e. The zero-order valence-electron chi connectivity index (χ0n) is 12.1. The molecular weight excluding hydrogens is 326 g/mol. The highest BCUT2D eigenvalue weighted by Crippen LogP contribution is 2.15. The molecule has 0 radical (unpaired) electrons. The average Bonchev–Trinajstić information content (AvgIpc) is 2.52. The molecule has 2 aromatic carbocycles. The minimum absolute atomic E-state index is 0.0551. The molecule has 2 aromatic rings. The Labute approximate surface area is 136 Å². The molecule has 4 nitrogen and oxygen atoms in total. The number of halogens is 3. The lowest BCUT2D eigenvalue weighted by molar-refractivity contribution is -0.0498. The van der Waals surface area contributed by atoms with Crippen molar-refractivity contribution in [1.29, 1.82) is 0 Å². The number of hydrazone groups is 1. The molecule has 2 rings (SSSR count). The van der Waals surface area contributed by atoms with Gasteiger partial charge in [-0.1, -0.05) is 17.7 Å². The summed E-state index contributed by atoms with van der Waals surface area (Å²) in [6.07, 6.45) is 0. The van der Waals surface area contributed by atoms with Crippen molar-refractivity contribution in [3.05, 3.63) is 64.7 Å². The number of nitrogens with zero attached hydrogens (tertiary/aromatic N) is 1. The highest BCUT2D eigenvalue weighted by Gasteiger charge is 2.07. The lowest BCUT2D eigenvalue weighted by Crippen LogP contribution is -2.19. The molecule has 120 valence electrons. The molecule has 0 aliphatic heterocycles. The van der Waals surface area contributed by atoms with E-state index in [1.54, 1.807) is 37.3 Å². The smallest absolute Gasteiger partial charge is 0.387 e. The van der Waals surface area contributed by atoms with E-state index in [9.17, 15) is 13.6 Å². The van der Waals surface area contributed by atoms with Gasteiger partial charge in [-0.3, -0.25) is 4.79 Å². The van der Waals surface area contributed by atoms with Gasteiger partial charge in [0.1, 0.15) is 5.75 Å². The molecule has 0 aliphatic carbocycles. The van der Waals surface area contributed by atoms with Crippen molar-refractivity contribution in [2.45, 2.75) is 13.5 Å². The lowest BCUT2D eigenvalue weighted by atomic mass is 10.1. The predicted octanol–water partition coefficient (Wildman–Crippen LogP) is 4.10. The standard InChI is InChI=1S/C16H13ClF2N2O2/c1-10(11-5-7-14(8-6-11)23-16(18)19)20-21-15(22)12-3-2-4-13(17)9-12/h2-9,16H,1H3,(H,21,22)/b20-10-. The van der Waals surface area contributed by atoms with Gasteiger partial charge >= 0.3 is 6.61 Å². The van der Waals surface area contributed by atoms with Crippen molar-refractivity contribution in [1.82, 2.24) is 5.43 Å². The van der Waals surface area contributed by atoms with E-state index in [2.05, 4.69) is 15.3 Å². The molecule has 0 aliphatic rings. The normalized spacial score (nSPS) is 11.4. The van der Waals surface area contributed by atoms with Crippen molar-refractivity contribution >= 4 is 23.2 Å². The monoisotopic (exact) mass is 338 g/mol. The number of carbonyl (C=O) groups excluding carboxylic acids is 1. The van der Waals surface area contributed by atoms with Crippen LogP contribution in [0.1, 0.15) is 22.8 Å². The van der Waals surface area contributed by atoms with Crippen molar-refractivity contribution in [3.8, 4) is 5.75 Å². The van der Waals surface area contributed by atoms with Crippen LogP contribution in [0.5, 0.6) is 5.75 Å². The maximum absolute atomic E-state index is 12.1. The molecule has 0 unspecified atom stereocenters. The summed E-state index contributed by atoms with van der Waals surface area (Å²) >= 11 is 5.82. The number of alkyl halides is 2. The first-order chi connectivity index (χ1) is 11.0. The second-order valence-electron chi connectivity index (χ2n) is 4.55. The van der Waals surface area contributed by atoms with Gasteiger partial charge < -0.3 is 4.74 Å². The Hall–Kier alpha value is -2.47. The summed E-state index contributed by atoms with van der Waals surface area (Å²) in [6, 6.07) is 12.4. The van der Waals surface area contributed by atoms with Crippen molar-refractivity contribution in [2.75, 3.05) is 0 Å². The Kier molecular flexibility index (Phi) is 5.65. The molecule has 7 heteroatoms. The number of hydrogen-bond acceptors (Lipinski definition) is 3. The van der Waals surface area contributed by atoms with Crippen LogP contribution < -0.4 is 10.2 Å². The van der Waals surface area contributed by atoms with Crippen LogP contribution in [0.25, 0.3) is 0 Å². The highest BCUT2D eigenvalue weighted by atomic mass is 35.5. The quantitative estimate of drug-likeness (QED) is 0.659. The van der Waals surface area contributed by atoms with E-state index in [-0.39, 0.29) is 5.75 Å². The molecule has 0 saturated heterocycles. The third kappa shape index (κ3) is 5.03. The van der Waals surface area contributed by atoms with Gasteiger partial charge in [0.15, 0.2) is 0 Å². The number of benzene rings is 2. The first-order valence-corrected chi connectivity index (χ1v) is 6.99. The molecule has 0 saturated carbocycles. The average molecular weight is 339 g/mol. The molecule has 0 atom stereocenters. The van der Waals surface area contributed by atoms with Gasteiger partial charge in [-0.2, -0.15) is 13.9 Å². The van der Waals surface area contributed by atoms with Gasteiger partial charge in [-0.15, -0.1) is 0 Å². The molecule has 0 heterocycles. The van der Waals surface area contributed by atoms with E-state index in [1.165, 1.54) is 18.2 Å². The second-order valence-corrected chi connectivity index (χ2v) is 4.99. The number of nitrogens with one attached hydrogen (secondary N) is 1. The predicted molar refractivity (Wildman–Crippen MR) is 84.2 cm³/mol. The van der Waals surface area contributed by atoms with Gasteiger partial charge in [-0.25, -0.2) is 5.43 Å². The molecule has 1 N–H and O–H groups in total. The number of hydrogen-bond donors (Lipinski definition) is 1. The van der Waals surface area contributed by atoms with Crippen molar-refractivity contribution in [2.24, 2.45) is 5.10 Å². The number of rotatable bonds is 5. The third-order valence-corrected chi connectivity index (χ3v) is 3.14. The topological polar surface area (TPSA) is 50.7 Å². The van der Waals surface area contributed by atoms with Crippen LogP contribution in [0.2, 0.25) is 5.02 Å². The van der Waals surface area contributed by atoms with E-state index in [0.29, 0.717) is 21.9 Å². The van der Waals surface area contributed by atoms with E-state index in [0.717, 1.165) is 0 Å². The Balaban J connectivity index is 2.03. The van der Waals surface area contributed by atoms with Crippen LogP contribution in [0, 0.1) is 0 Å². The summed E-state index contributed by atoms with van der Waals surface area (Å²) in [7, 11) is 0. The van der Waals surface area contributed by atoms with Crippen LogP contribution in [-0.2, 0) is 0 Å². The van der Waals surface area contributed by atoms with Gasteiger partial charge in [0.05, 0.1) is 5.71 Å². The second kappa shape index (κ2) is 7.69.